The van der Waals surface area contributed by atoms with Crippen molar-refractivity contribution in [2.75, 3.05) is 31.6 Å². The molecule has 196 valence electrons. The number of diazo groups is 1. The van der Waals surface area contributed by atoms with E-state index in [1.165, 1.54) is 10.4 Å². The van der Waals surface area contributed by atoms with Gasteiger partial charge in [0.05, 0.1) is 29.4 Å². The molecule has 2 unspecified atom stereocenters. The molecule has 11 nitrogen and oxygen atoms in total. The summed E-state index contributed by atoms with van der Waals surface area (Å²) in [4.78, 5) is 29.3. The molecular weight excluding hydrogens is 502 g/mol. The Morgan fingerprint density at radius 2 is 2.26 bits per heavy atom. The van der Waals surface area contributed by atoms with Gasteiger partial charge in [-0.25, -0.2) is 14.8 Å². The second-order valence-corrected chi connectivity index (χ2v) is 11.0. The zero-order valence-corrected chi connectivity index (χ0v) is 22.1. The molecule has 2 amide bonds. The number of urea groups is 1. The van der Waals surface area contributed by atoms with Gasteiger partial charge in [0.2, 0.25) is 5.39 Å². The molecule has 3 aromatic heterocycles. The van der Waals surface area contributed by atoms with Gasteiger partial charge >= 0.3 is 12.1 Å². The lowest BCUT2D eigenvalue weighted by Crippen LogP contribution is -2.47. The average Bonchev–Trinajstić information content (AvgIpc) is 3.56. The number of amides is 2. The van der Waals surface area contributed by atoms with Crippen LogP contribution in [0, 0.1) is 11.3 Å². The minimum absolute atomic E-state index is 0.0717. The number of aromatic nitrogens is 4. The van der Waals surface area contributed by atoms with E-state index >= 15 is 0 Å². The predicted molar refractivity (Wildman–Crippen MR) is 147 cm³/mol. The van der Waals surface area contributed by atoms with Crippen molar-refractivity contribution >= 4 is 50.0 Å². The molecule has 6 rings (SSSR count). The minimum Gasteiger partial charge on any atom is -0.492 e. The molecule has 0 spiro atoms. The van der Waals surface area contributed by atoms with Crippen molar-refractivity contribution in [1.82, 2.24) is 30.4 Å². The van der Waals surface area contributed by atoms with Crippen LogP contribution in [-0.2, 0) is 12.8 Å². The highest BCUT2D eigenvalue weighted by Crippen LogP contribution is 2.41. The van der Waals surface area contributed by atoms with E-state index < -0.39 is 0 Å². The Bertz CT molecular complexity index is 1520. The monoisotopic (exact) mass is 532 g/mol. The van der Waals surface area contributed by atoms with Crippen molar-refractivity contribution in [2.24, 2.45) is 5.92 Å². The first-order chi connectivity index (χ1) is 18.6. The molecule has 1 aliphatic heterocycles. The summed E-state index contributed by atoms with van der Waals surface area (Å²) in [5.41, 5.74) is 3.05. The maximum absolute atomic E-state index is 12.7. The van der Waals surface area contributed by atoms with E-state index in [2.05, 4.69) is 35.8 Å². The van der Waals surface area contributed by atoms with Crippen LogP contribution in [0.15, 0.2) is 24.7 Å². The Balaban J connectivity index is 1.19. The molecule has 3 N–H and O–H groups in total. The van der Waals surface area contributed by atoms with Gasteiger partial charge in [-0.3, -0.25) is 5.10 Å². The van der Waals surface area contributed by atoms with Crippen molar-refractivity contribution in [1.29, 1.82) is 5.39 Å². The Morgan fingerprint density at radius 1 is 1.34 bits per heavy atom. The Kier molecular flexibility index (Phi) is 6.68. The quantitative estimate of drug-likeness (QED) is 0.302. The largest absolute Gasteiger partial charge is 0.492 e. The first-order valence-corrected chi connectivity index (χ1v) is 13.9. The van der Waals surface area contributed by atoms with E-state index in [1.807, 2.05) is 19.1 Å². The van der Waals surface area contributed by atoms with Crippen LogP contribution >= 0.6 is 11.3 Å². The number of rotatable bonds is 6. The third-order valence-electron chi connectivity index (χ3n) is 7.43. The van der Waals surface area contributed by atoms with Crippen molar-refractivity contribution in [3.05, 3.63) is 40.1 Å². The van der Waals surface area contributed by atoms with Gasteiger partial charge in [-0.1, -0.05) is 0 Å². The van der Waals surface area contributed by atoms with Crippen molar-refractivity contribution in [2.45, 2.75) is 45.1 Å². The fraction of sp³-hybridized carbons (Fsp3) is 0.462. The summed E-state index contributed by atoms with van der Waals surface area (Å²) in [5.74, 6) is 1.88. The molecule has 0 bridgehead atoms. The van der Waals surface area contributed by atoms with E-state index in [1.54, 1.807) is 28.8 Å². The maximum Gasteiger partial charge on any atom is 0.331 e. The third kappa shape index (κ3) is 4.69. The van der Waals surface area contributed by atoms with Gasteiger partial charge in [0.1, 0.15) is 34.2 Å². The molecule has 1 saturated heterocycles. The Hall–Kier alpha value is -3.98. The van der Waals surface area contributed by atoms with Gasteiger partial charge in [-0.2, -0.15) is 5.10 Å². The van der Waals surface area contributed by atoms with E-state index in [9.17, 15) is 4.79 Å². The number of carbonyl (C=O) groups is 1. The zero-order valence-electron chi connectivity index (χ0n) is 21.2. The summed E-state index contributed by atoms with van der Waals surface area (Å²) >= 11 is 1.71. The topological polar surface area (TPSA) is 136 Å². The summed E-state index contributed by atoms with van der Waals surface area (Å²) in [6.45, 7) is 4.32. The number of aromatic amines is 1. The molecule has 2 aliphatic rings. The van der Waals surface area contributed by atoms with Crippen LogP contribution in [0.4, 0.5) is 16.3 Å². The SMILES string of the molecule is CCOc1cc2[nH]ncc2cc1Nc1ncnc2sc3c(c12)CCC(CNC(=O)N1CCCC([N+]#N)C1)C3. The number of hydrogen-bond donors (Lipinski definition) is 3. The van der Waals surface area contributed by atoms with Crippen LogP contribution in [0.1, 0.15) is 36.6 Å². The number of nitrogens with zero attached hydrogens (tertiary/aromatic N) is 6. The molecule has 0 radical (unpaired) electrons. The summed E-state index contributed by atoms with van der Waals surface area (Å²) in [6.07, 6.45) is 7.86. The molecule has 4 aromatic rings. The number of piperidine rings is 1. The number of benzene rings is 1. The number of fused-ring (bicyclic) bond motifs is 4. The standard InChI is InChI=1S/C26H29N9O2S/c1-2-37-21-10-19-16(12-31-34-19)9-20(21)32-24-23-18-6-5-15(8-22(18)38-25(23)30-14-29-24)11-28-26(36)35-7-3-4-17(13-35)33-27/h9-10,12,14-15,17,27H,2-8,11,13H2,1H3,(H,28,36)/p+1. The van der Waals surface area contributed by atoms with E-state index in [0.29, 0.717) is 32.2 Å². The third-order valence-corrected chi connectivity index (χ3v) is 8.59. The molecule has 1 aliphatic carbocycles. The second-order valence-electron chi connectivity index (χ2n) is 9.92. The van der Waals surface area contributed by atoms with Gasteiger partial charge < -0.3 is 20.3 Å². The number of nitrogens with one attached hydrogen (secondary N) is 3. The summed E-state index contributed by atoms with van der Waals surface area (Å²) in [7, 11) is 0. The number of thiophene rings is 1. The number of anilines is 2. The molecule has 4 heterocycles. The van der Waals surface area contributed by atoms with Gasteiger partial charge in [-0.05, 0) is 50.2 Å². The van der Waals surface area contributed by atoms with Crippen molar-refractivity contribution in [3.63, 3.8) is 0 Å². The highest BCUT2D eigenvalue weighted by Gasteiger charge is 2.32. The molecule has 1 aromatic carbocycles. The van der Waals surface area contributed by atoms with Crippen LogP contribution in [0.2, 0.25) is 0 Å². The molecule has 38 heavy (non-hydrogen) atoms. The lowest BCUT2D eigenvalue weighted by molar-refractivity contribution is 0.182. The number of ether oxygens (including phenoxy) is 1. The lowest BCUT2D eigenvalue weighted by Gasteiger charge is -2.28. The molecule has 1 fully saturated rings. The van der Waals surface area contributed by atoms with Crippen LogP contribution in [-0.4, -0.2) is 63.4 Å². The highest BCUT2D eigenvalue weighted by molar-refractivity contribution is 7.19. The van der Waals surface area contributed by atoms with Gasteiger partial charge in [0.25, 0.3) is 0 Å². The summed E-state index contributed by atoms with van der Waals surface area (Å²) in [5, 5.41) is 24.9. The minimum atomic E-state index is -0.180. The maximum atomic E-state index is 12.7. The van der Waals surface area contributed by atoms with Gasteiger partial charge in [0.15, 0.2) is 0 Å². The molecule has 2 atom stereocenters. The molecular formula is C26H30N9O2S+. The number of hydrogen-bond acceptors (Lipinski definition) is 8. The Morgan fingerprint density at radius 3 is 3.13 bits per heavy atom. The normalized spacial score (nSPS) is 19.2. The number of likely N-dealkylation sites (tertiary alicyclic amines) is 1. The fourth-order valence-corrected chi connectivity index (χ4v) is 6.80. The smallest absolute Gasteiger partial charge is 0.331 e. The number of carbonyl (C=O) groups excluding carboxylic acids is 1. The first-order valence-electron chi connectivity index (χ1n) is 13.1. The summed E-state index contributed by atoms with van der Waals surface area (Å²) < 4.78 is 5.90. The second kappa shape index (κ2) is 10.4. The van der Waals surface area contributed by atoms with E-state index in [0.717, 1.165) is 70.5 Å². The molecule has 12 heteroatoms. The molecule has 0 saturated carbocycles. The Labute approximate surface area is 223 Å². The number of aryl methyl sites for hydroxylation is 1. The average molecular weight is 533 g/mol. The number of H-pyrrole nitrogens is 1. The van der Waals surface area contributed by atoms with Crippen LogP contribution in [0.25, 0.3) is 26.1 Å². The first kappa shape index (κ1) is 24.4. The van der Waals surface area contributed by atoms with E-state index in [-0.39, 0.29) is 12.1 Å². The van der Waals surface area contributed by atoms with Crippen LogP contribution in [0.3, 0.4) is 0 Å². The zero-order chi connectivity index (χ0) is 26.1. The fourth-order valence-electron chi connectivity index (χ4n) is 5.50. The van der Waals surface area contributed by atoms with Crippen molar-refractivity contribution < 1.29 is 9.53 Å². The van der Waals surface area contributed by atoms with Gasteiger partial charge in [0, 0.05) is 35.8 Å². The predicted octanol–water partition coefficient (Wildman–Crippen LogP) is 4.84. The van der Waals surface area contributed by atoms with Gasteiger partial charge in [-0.15, -0.1) is 11.3 Å². The van der Waals surface area contributed by atoms with Crippen LogP contribution in [0.5, 0.6) is 5.75 Å². The highest BCUT2D eigenvalue weighted by atomic mass is 32.1. The lowest BCUT2D eigenvalue weighted by atomic mass is 9.87. The van der Waals surface area contributed by atoms with E-state index in [4.69, 9.17) is 10.1 Å². The van der Waals surface area contributed by atoms with Crippen molar-refractivity contribution in [3.8, 4) is 5.75 Å². The van der Waals surface area contributed by atoms with Crippen LogP contribution < -0.4 is 15.4 Å². The summed E-state index contributed by atoms with van der Waals surface area (Å²) in [6, 6.07) is 3.73.